The Balaban J connectivity index is 1.46. The van der Waals surface area contributed by atoms with E-state index >= 15 is 0 Å². The average Bonchev–Trinajstić information content (AvgIpc) is 3.20. The third-order valence-electron chi connectivity index (χ3n) is 4.57. The number of sulfonamides is 1. The van der Waals surface area contributed by atoms with Crippen molar-refractivity contribution in [1.29, 1.82) is 0 Å². The third-order valence-corrected chi connectivity index (χ3v) is 6.48. The number of carbonyl (C=O) groups is 1. The number of amides is 2. The highest BCUT2D eigenvalue weighted by Crippen LogP contribution is 2.17. The molecule has 8 nitrogen and oxygen atoms in total. The van der Waals surface area contributed by atoms with Crippen LogP contribution in [0.1, 0.15) is 6.92 Å². The number of nitrogens with zero attached hydrogens (tertiary/aromatic N) is 4. The Hall–Kier alpha value is -2.39. The molecule has 1 aliphatic rings. The molecule has 1 aromatic carbocycles. The number of urea groups is 1. The molecule has 27 heavy (non-hydrogen) atoms. The van der Waals surface area contributed by atoms with Gasteiger partial charge >= 0.3 is 6.03 Å². The fourth-order valence-electron chi connectivity index (χ4n) is 3.04. The lowest BCUT2D eigenvalue weighted by molar-refractivity contribution is 0.170. The third kappa shape index (κ3) is 4.86. The Kier molecular flexibility index (Phi) is 6.12. The molecule has 1 atom stereocenters. The van der Waals surface area contributed by atoms with E-state index in [1.807, 2.05) is 23.9 Å². The summed E-state index contributed by atoms with van der Waals surface area (Å²) in [6, 6.07) is 10.1. The second kappa shape index (κ2) is 8.53. The van der Waals surface area contributed by atoms with Crippen molar-refractivity contribution in [2.24, 2.45) is 5.92 Å². The van der Waals surface area contributed by atoms with Gasteiger partial charge in [0.1, 0.15) is 0 Å². The molecule has 2 amide bonds. The molecule has 1 fully saturated rings. The van der Waals surface area contributed by atoms with Crippen molar-refractivity contribution in [3.05, 3.63) is 48.8 Å². The minimum atomic E-state index is -3.50. The molecule has 3 rings (SSSR count). The van der Waals surface area contributed by atoms with Gasteiger partial charge in [0.25, 0.3) is 0 Å². The molecule has 1 saturated heterocycles. The van der Waals surface area contributed by atoms with Gasteiger partial charge in [0.05, 0.1) is 4.90 Å². The molecule has 2 aromatic rings. The van der Waals surface area contributed by atoms with Crippen molar-refractivity contribution < 1.29 is 13.2 Å². The molecule has 9 heteroatoms. The maximum atomic E-state index is 12.6. The number of hydrogen-bond acceptors (Lipinski definition) is 4. The summed E-state index contributed by atoms with van der Waals surface area (Å²) in [5.74, 6) is 0.244. The summed E-state index contributed by atoms with van der Waals surface area (Å²) in [6.07, 6.45) is 3.62. The number of carbonyl (C=O) groups excluding carboxylic acids is 1. The highest BCUT2D eigenvalue weighted by atomic mass is 32.2. The van der Waals surface area contributed by atoms with Crippen LogP contribution in [-0.2, 0) is 16.6 Å². The van der Waals surface area contributed by atoms with Crippen molar-refractivity contribution in [2.75, 3.05) is 32.7 Å². The first-order valence-corrected chi connectivity index (χ1v) is 10.5. The van der Waals surface area contributed by atoms with Crippen molar-refractivity contribution in [2.45, 2.75) is 18.4 Å². The molecule has 0 bridgehead atoms. The standard InChI is InChI=1S/C18H25N5O3S/c1-16(15-22-9-5-8-20-22)14-19-18(24)21-10-12-23(13-11-21)27(25,26)17-6-3-2-4-7-17/h2-9,16H,10-15H2,1H3,(H,19,24). The SMILES string of the molecule is CC(CNC(=O)N1CCN(S(=O)(=O)c2ccccc2)CC1)Cn1cccn1. The topological polar surface area (TPSA) is 87.5 Å². The van der Waals surface area contributed by atoms with E-state index in [1.54, 1.807) is 41.4 Å². The maximum Gasteiger partial charge on any atom is 0.317 e. The predicted molar refractivity (Wildman–Crippen MR) is 102 cm³/mol. The minimum absolute atomic E-state index is 0.154. The highest BCUT2D eigenvalue weighted by Gasteiger charge is 2.29. The Morgan fingerprint density at radius 1 is 1.15 bits per heavy atom. The van der Waals surface area contributed by atoms with Crippen molar-refractivity contribution in [3.63, 3.8) is 0 Å². The van der Waals surface area contributed by atoms with Crippen molar-refractivity contribution in [3.8, 4) is 0 Å². The van der Waals surface area contributed by atoms with E-state index < -0.39 is 10.0 Å². The maximum absolute atomic E-state index is 12.6. The fraction of sp³-hybridized carbons (Fsp3) is 0.444. The van der Waals surface area contributed by atoms with Crippen LogP contribution in [0.4, 0.5) is 4.79 Å². The van der Waals surface area contributed by atoms with E-state index in [2.05, 4.69) is 10.4 Å². The van der Waals surface area contributed by atoms with Gasteiger partial charge in [-0.15, -0.1) is 0 Å². The summed E-state index contributed by atoms with van der Waals surface area (Å²) in [7, 11) is -3.50. The van der Waals surface area contributed by atoms with Gasteiger partial charge in [-0.05, 0) is 24.1 Å². The zero-order valence-electron chi connectivity index (χ0n) is 15.4. The molecular formula is C18H25N5O3S. The fourth-order valence-corrected chi connectivity index (χ4v) is 4.48. The summed E-state index contributed by atoms with van der Waals surface area (Å²) in [4.78, 5) is 14.3. The molecule has 2 heterocycles. The van der Waals surface area contributed by atoms with Crippen LogP contribution in [0, 0.1) is 5.92 Å². The summed E-state index contributed by atoms with van der Waals surface area (Å²) in [6.45, 7) is 4.68. The predicted octanol–water partition coefficient (Wildman–Crippen LogP) is 1.24. The number of rotatable bonds is 6. The second-order valence-corrected chi connectivity index (χ2v) is 8.66. The number of piperazine rings is 1. The molecule has 0 spiro atoms. The average molecular weight is 391 g/mol. The molecule has 1 aromatic heterocycles. The number of benzene rings is 1. The van der Waals surface area contributed by atoms with Gasteiger partial charge in [0.2, 0.25) is 10.0 Å². The first-order chi connectivity index (χ1) is 13.0. The zero-order valence-corrected chi connectivity index (χ0v) is 16.2. The summed E-state index contributed by atoms with van der Waals surface area (Å²) in [5.41, 5.74) is 0. The molecular weight excluding hydrogens is 366 g/mol. The van der Waals surface area contributed by atoms with E-state index in [0.717, 1.165) is 6.54 Å². The van der Waals surface area contributed by atoms with Gasteiger partial charge in [0.15, 0.2) is 0 Å². The summed E-state index contributed by atoms with van der Waals surface area (Å²) >= 11 is 0. The number of aromatic nitrogens is 2. The van der Waals surface area contributed by atoms with Crippen LogP contribution in [0.2, 0.25) is 0 Å². The monoisotopic (exact) mass is 391 g/mol. The van der Waals surface area contributed by atoms with Gasteiger partial charge in [-0.3, -0.25) is 4.68 Å². The smallest absolute Gasteiger partial charge is 0.317 e. The molecule has 0 aliphatic carbocycles. The summed E-state index contributed by atoms with van der Waals surface area (Å²) in [5, 5.41) is 7.09. The van der Waals surface area contributed by atoms with Crippen LogP contribution < -0.4 is 5.32 Å². The van der Waals surface area contributed by atoms with Gasteiger partial charge in [-0.25, -0.2) is 13.2 Å². The lowest BCUT2D eigenvalue weighted by Crippen LogP contribution is -2.53. The first-order valence-electron chi connectivity index (χ1n) is 9.02. The van der Waals surface area contributed by atoms with Crippen molar-refractivity contribution in [1.82, 2.24) is 24.3 Å². The van der Waals surface area contributed by atoms with Crippen LogP contribution in [0.5, 0.6) is 0 Å². The van der Waals surface area contributed by atoms with E-state index in [4.69, 9.17) is 0 Å². The minimum Gasteiger partial charge on any atom is -0.338 e. The van der Waals surface area contributed by atoms with Gasteiger partial charge in [0, 0.05) is 51.7 Å². The lowest BCUT2D eigenvalue weighted by atomic mass is 10.2. The molecule has 0 radical (unpaired) electrons. The van der Waals surface area contributed by atoms with Gasteiger partial charge in [-0.1, -0.05) is 25.1 Å². The quantitative estimate of drug-likeness (QED) is 0.802. The second-order valence-electron chi connectivity index (χ2n) is 6.72. The Labute approximate surface area is 159 Å². The van der Waals surface area contributed by atoms with Crippen LogP contribution in [0.25, 0.3) is 0 Å². The van der Waals surface area contributed by atoms with Gasteiger partial charge in [-0.2, -0.15) is 9.40 Å². The largest absolute Gasteiger partial charge is 0.338 e. The van der Waals surface area contributed by atoms with E-state index in [-0.39, 0.29) is 16.8 Å². The van der Waals surface area contributed by atoms with Crippen molar-refractivity contribution >= 4 is 16.1 Å². The van der Waals surface area contributed by atoms with Crippen LogP contribution in [0.3, 0.4) is 0 Å². The van der Waals surface area contributed by atoms with E-state index in [1.165, 1.54) is 4.31 Å². The van der Waals surface area contributed by atoms with Crippen LogP contribution in [-0.4, -0.2) is 66.2 Å². The van der Waals surface area contributed by atoms with E-state index in [9.17, 15) is 13.2 Å². The Morgan fingerprint density at radius 3 is 2.48 bits per heavy atom. The zero-order chi connectivity index (χ0) is 19.3. The van der Waals surface area contributed by atoms with Crippen LogP contribution in [0.15, 0.2) is 53.7 Å². The normalized spacial score (nSPS) is 16.9. The number of hydrogen-bond donors (Lipinski definition) is 1. The molecule has 146 valence electrons. The highest BCUT2D eigenvalue weighted by molar-refractivity contribution is 7.89. The molecule has 1 unspecified atom stereocenters. The molecule has 1 aliphatic heterocycles. The number of nitrogens with one attached hydrogen (secondary N) is 1. The lowest BCUT2D eigenvalue weighted by Gasteiger charge is -2.34. The van der Waals surface area contributed by atoms with E-state index in [0.29, 0.717) is 32.7 Å². The van der Waals surface area contributed by atoms with Gasteiger partial charge < -0.3 is 10.2 Å². The Bertz CT molecular complexity index is 831. The first kappa shape index (κ1) is 19.4. The molecule has 0 saturated carbocycles. The van der Waals surface area contributed by atoms with Crippen LogP contribution >= 0.6 is 0 Å². The molecule has 1 N–H and O–H groups in total. The summed E-state index contributed by atoms with van der Waals surface area (Å²) < 4.78 is 28.5. The Morgan fingerprint density at radius 2 is 1.85 bits per heavy atom.